The van der Waals surface area contributed by atoms with Crippen LogP contribution < -0.4 is 10.6 Å². The van der Waals surface area contributed by atoms with Crippen molar-refractivity contribution in [1.29, 1.82) is 0 Å². The molecule has 0 saturated heterocycles. The number of esters is 1. The highest BCUT2D eigenvalue weighted by Gasteiger charge is 2.15. The highest BCUT2D eigenvalue weighted by atomic mass is 32.1. The van der Waals surface area contributed by atoms with Crippen LogP contribution in [0.5, 0.6) is 0 Å². The molecule has 2 N–H and O–H groups in total. The van der Waals surface area contributed by atoms with E-state index in [9.17, 15) is 14.4 Å². The van der Waals surface area contributed by atoms with Crippen molar-refractivity contribution in [1.82, 2.24) is 5.32 Å². The van der Waals surface area contributed by atoms with Gasteiger partial charge in [0.15, 0.2) is 6.61 Å². The van der Waals surface area contributed by atoms with Crippen molar-refractivity contribution in [2.75, 3.05) is 18.5 Å². The molecule has 2 aromatic rings. The Morgan fingerprint density at radius 2 is 1.92 bits per heavy atom. The molecule has 1 heterocycles. The molecule has 0 aliphatic carbocycles. The Morgan fingerprint density at radius 1 is 1.15 bits per heavy atom. The fourth-order valence-electron chi connectivity index (χ4n) is 2.37. The molecule has 0 spiro atoms. The van der Waals surface area contributed by atoms with Crippen molar-refractivity contribution in [2.45, 2.75) is 27.2 Å². The Kier molecular flexibility index (Phi) is 6.91. The lowest BCUT2D eigenvalue weighted by Crippen LogP contribution is -2.23. The number of hydrogen-bond donors (Lipinski definition) is 2. The van der Waals surface area contributed by atoms with Gasteiger partial charge in [-0.1, -0.05) is 13.0 Å². The third-order valence-corrected chi connectivity index (χ3v) is 4.76. The smallest absolute Gasteiger partial charge is 0.348 e. The maximum Gasteiger partial charge on any atom is 0.348 e. The molecule has 26 heavy (non-hydrogen) atoms. The number of carbonyl (C=O) groups excluding carboxylic acids is 3. The quantitative estimate of drug-likeness (QED) is 0.729. The van der Waals surface area contributed by atoms with Gasteiger partial charge in [-0.15, -0.1) is 11.3 Å². The van der Waals surface area contributed by atoms with Crippen molar-refractivity contribution in [2.24, 2.45) is 0 Å². The zero-order chi connectivity index (χ0) is 19.1. The minimum absolute atomic E-state index is 0.213. The Morgan fingerprint density at radius 3 is 2.58 bits per heavy atom. The number of anilines is 1. The zero-order valence-corrected chi connectivity index (χ0v) is 15.9. The lowest BCUT2D eigenvalue weighted by molar-refractivity contribution is -0.119. The first kappa shape index (κ1) is 19.7. The molecule has 138 valence electrons. The highest BCUT2D eigenvalue weighted by molar-refractivity contribution is 7.14. The second-order valence-electron chi connectivity index (χ2n) is 5.61. The van der Waals surface area contributed by atoms with E-state index in [1.165, 1.54) is 11.3 Å². The largest absolute Gasteiger partial charge is 0.451 e. The monoisotopic (exact) mass is 374 g/mol. The third-order valence-electron chi connectivity index (χ3n) is 3.68. The third kappa shape index (κ3) is 5.16. The van der Waals surface area contributed by atoms with Gasteiger partial charge in [0.1, 0.15) is 4.88 Å². The Labute approximate surface area is 156 Å². The first-order chi connectivity index (χ1) is 12.4. The predicted molar refractivity (Wildman–Crippen MR) is 102 cm³/mol. The van der Waals surface area contributed by atoms with E-state index in [2.05, 4.69) is 10.6 Å². The van der Waals surface area contributed by atoms with Gasteiger partial charge in [-0.05, 0) is 50.1 Å². The number of nitrogens with one attached hydrogen (secondary N) is 2. The van der Waals surface area contributed by atoms with Crippen LogP contribution in [0.3, 0.4) is 0 Å². The molecule has 0 fully saturated rings. The van der Waals surface area contributed by atoms with Gasteiger partial charge in [0.05, 0.1) is 0 Å². The van der Waals surface area contributed by atoms with Crippen LogP contribution in [0.1, 0.15) is 44.3 Å². The summed E-state index contributed by atoms with van der Waals surface area (Å²) in [5, 5.41) is 5.31. The Balaban J connectivity index is 1.91. The van der Waals surface area contributed by atoms with Gasteiger partial charge < -0.3 is 15.4 Å². The van der Waals surface area contributed by atoms with E-state index in [0.717, 1.165) is 16.9 Å². The van der Waals surface area contributed by atoms with Crippen LogP contribution in [-0.4, -0.2) is 30.9 Å². The lowest BCUT2D eigenvalue weighted by Gasteiger charge is -2.08. The second kappa shape index (κ2) is 9.15. The van der Waals surface area contributed by atoms with E-state index in [1.807, 2.05) is 20.8 Å². The van der Waals surface area contributed by atoms with Crippen LogP contribution in [0.4, 0.5) is 5.69 Å². The minimum atomic E-state index is -0.510. The number of ether oxygens (including phenoxy) is 1. The van der Waals surface area contributed by atoms with E-state index < -0.39 is 11.9 Å². The number of carbonyl (C=O) groups is 3. The molecule has 6 nitrogen and oxygen atoms in total. The normalized spacial score (nSPS) is 10.3. The van der Waals surface area contributed by atoms with Crippen molar-refractivity contribution in [3.63, 3.8) is 0 Å². The molecular formula is C19H22N2O4S. The number of thiophene rings is 1. The first-order valence-corrected chi connectivity index (χ1v) is 9.20. The van der Waals surface area contributed by atoms with Crippen LogP contribution in [-0.2, 0) is 16.0 Å². The molecule has 0 saturated carbocycles. The topological polar surface area (TPSA) is 84.5 Å². The molecule has 2 rings (SSSR count). The number of amides is 2. The molecule has 1 aromatic carbocycles. The standard InChI is InChI=1S/C19H22N2O4S/c1-4-13-10-16(26-12(13)3)19(24)25-11-17(22)21-15-8-6-7-14(9-15)18(23)20-5-2/h6-10H,4-5,11H2,1-3H3,(H,20,23)(H,21,22). The zero-order valence-electron chi connectivity index (χ0n) is 15.0. The molecule has 0 atom stereocenters. The molecule has 7 heteroatoms. The average Bonchev–Trinajstić information content (AvgIpc) is 3.01. The van der Waals surface area contributed by atoms with E-state index in [-0.39, 0.29) is 12.5 Å². The average molecular weight is 374 g/mol. The Hall–Kier alpha value is -2.67. The maximum atomic E-state index is 12.1. The van der Waals surface area contributed by atoms with Crippen molar-refractivity contribution in [3.05, 3.63) is 51.2 Å². The summed E-state index contributed by atoms with van der Waals surface area (Å²) < 4.78 is 5.07. The van der Waals surface area contributed by atoms with Crippen LogP contribution in [0.15, 0.2) is 30.3 Å². The highest BCUT2D eigenvalue weighted by Crippen LogP contribution is 2.22. The molecule has 0 radical (unpaired) electrons. The van der Waals surface area contributed by atoms with Crippen molar-refractivity contribution >= 4 is 34.8 Å². The van der Waals surface area contributed by atoms with E-state index >= 15 is 0 Å². The molecule has 0 unspecified atom stereocenters. The maximum absolute atomic E-state index is 12.1. The molecule has 1 aromatic heterocycles. The van der Waals surface area contributed by atoms with Gasteiger partial charge in [0.2, 0.25) is 0 Å². The van der Waals surface area contributed by atoms with Crippen LogP contribution >= 0.6 is 11.3 Å². The van der Waals surface area contributed by atoms with E-state index in [0.29, 0.717) is 22.7 Å². The predicted octanol–water partition coefficient (Wildman–Crippen LogP) is 3.16. The minimum Gasteiger partial charge on any atom is -0.451 e. The van der Waals surface area contributed by atoms with Gasteiger partial charge in [-0.25, -0.2) is 4.79 Å². The summed E-state index contributed by atoms with van der Waals surface area (Å²) in [6.45, 7) is 5.94. The summed E-state index contributed by atoms with van der Waals surface area (Å²) in [6, 6.07) is 8.37. The second-order valence-corrected chi connectivity index (χ2v) is 6.87. The van der Waals surface area contributed by atoms with Crippen molar-refractivity contribution in [3.8, 4) is 0 Å². The summed E-state index contributed by atoms with van der Waals surface area (Å²) in [5.41, 5.74) is 2.02. The first-order valence-electron chi connectivity index (χ1n) is 8.39. The molecule has 0 aliphatic heterocycles. The number of hydrogen-bond acceptors (Lipinski definition) is 5. The van der Waals surface area contributed by atoms with Crippen LogP contribution in [0, 0.1) is 6.92 Å². The van der Waals surface area contributed by atoms with Crippen LogP contribution in [0.2, 0.25) is 0 Å². The SMILES string of the molecule is CCNC(=O)c1cccc(NC(=O)COC(=O)c2cc(CC)c(C)s2)c1. The fourth-order valence-corrected chi connectivity index (χ4v) is 3.38. The number of aryl methyl sites for hydroxylation is 2. The number of benzene rings is 1. The van der Waals surface area contributed by atoms with Gasteiger partial charge >= 0.3 is 5.97 Å². The molecule has 0 aliphatic rings. The summed E-state index contributed by atoms with van der Waals surface area (Å²) in [6.07, 6.45) is 0.845. The van der Waals surface area contributed by atoms with E-state index in [1.54, 1.807) is 30.3 Å². The molecule has 0 bridgehead atoms. The number of rotatable bonds is 7. The van der Waals surface area contributed by atoms with Gasteiger partial charge in [-0.2, -0.15) is 0 Å². The Bertz CT molecular complexity index is 814. The van der Waals surface area contributed by atoms with Gasteiger partial charge in [-0.3, -0.25) is 9.59 Å². The van der Waals surface area contributed by atoms with Gasteiger partial charge in [0, 0.05) is 22.7 Å². The summed E-state index contributed by atoms with van der Waals surface area (Å²) in [7, 11) is 0. The summed E-state index contributed by atoms with van der Waals surface area (Å²) >= 11 is 1.36. The van der Waals surface area contributed by atoms with E-state index in [4.69, 9.17) is 4.74 Å². The van der Waals surface area contributed by atoms with Gasteiger partial charge in [0.25, 0.3) is 11.8 Å². The van der Waals surface area contributed by atoms with Crippen LogP contribution in [0.25, 0.3) is 0 Å². The summed E-state index contributed by atoms with van der Waals surface area (Å²) in [5.74, 6) is -1.19. The summed E-state index contributed by atoms with van der Waals surface area (Å²) in [4.78, 5) is 37.4. The van der Waals surface area contributed by atoms with Crippen molar-refractivity contribution < 1.29 is 19.1 Å². The molecule has 2 amide bonds. The lowest BCUT2D eigenvalue weighted by atomic mass is 10.2. The molecular weight excluding hydrogens is 352 g/mol. The fraction of sp³-hybridized carbons (Fsp3) is 0.316.